The number of nitrogens with zero attached hydrogens (tertiary/aromatic N) is 5. The minimum Gasteiger partial charge on any atom is -0.415 e. The molecule has 35 heavy (non-hydrogen) atoms. The van der Waals surface area contributed by atoms with Gasteiger partial charge in [0.25, 0.3) is 11.8 Å². The lowest BCUT2D eigenvalue weighted by Crippen LogP contribution is -2.39. The molecule has 1 aliphatic rings. The highest BCUT2D eigenvalue weighted by molar-refractivity contribution is 7.90. The highest BCUT2D eigenvalue weighted by atomic mass is 32.2. The molecule has 0 spiro atoms. The zero-order chi connectivity index (χ0) is 24.5. The summed E-state index contributed by atoms with van der Waals surface area (Å²) in [4.78, 5) is 8.12. The van der Waals surface area contributed by atoms with Crippen LogP contribution >= 0.6 is 0 Å². The predicted octanol–water partition coefficient (Wildman–Crippen LogP) is 4.35. The number of benzene rings is 1. The first-order valence-corrected chi connectivity index (χ1v) is 11.8. The molecule has 1 aliphatic carbocycles. The van der Waals surface area contributed by atoms with E-state index in [9.17, 15) is 26.0 Å². The normalized spacial score (nSPS) is 14.7. The summed E-state index contributed by atoms with van der Waals surface area (Å²) in [5.74, 6) is -2.71. The highest BCUT2D eigenvalue weighted by Gasteiger charge is 2.40. The summed E-state index contributed by atoms with van der Waals surface area (Å²) in [5, 5.41) is 9.15. The Hall–Kier alpha value is -3.13. The maximum Gasteiger partial charge on any atom is 0.314 e. The smallest absolute Gasteiger partial charge is 0.314 e. The Morgan fingerprint density at radius 2 is 1.86 bits per heavy atom. The van der Waals surface area contributed by atoms with Crippen LogP contribution in [0.1, 0.15) is 51.1 Å². The van der Waals surface area contributed by atoms with Crippen molar-refractivity contribution in [2.45, 2.75) is 44.9 Å². The number of hydrogen-bond acceptors (Lipinski definition) is 8. The number of anilines is 1. The van der Waals surface area contributed by atoms with Crippen molar-refractivity contribution in [3.63, 3.8) is 0 Å². The van der Waals surface area contributed by atoms with Crippen LogP contribution in [0.4, 0.5) is 23.5 Å². The molecule has 0 radical (unpaired) electrons. The van der Waals surface area contributed by atoms with Gasteiger partial charge in [-0.15, -0.1) is 10.2 Å². The van der Waals surface area contributed by atoms with Crippen LogP contribution in [-0.4, -0.2) is 51.2 Å². The van der Waals surface area contributed by atoms with Gasteiger partial charge in [-0.05, 0) is 18.9 Å². The number of likely N-dealkylation sites (N-methyl/N-ethyl adjacent to an activating group) is 1. The quantitative estimate of drug-likeness (QED) is 0.396. The van der Waals surface area contributed by atoms with Gasteiger partial charge in [0, 0.05) is 37.1 Å². The molecular formula is C21H24F4N6O3S. The summed E-state index contributed by atoms with van der Waals surface area (Å²) in [6.45, 7) is 1.68. The van der Waals surface area contributed by atoms with Crippen LogP contribution in [0, 0.1) is 11.6 Å². The Labute approximate surface area is 199 Å². The van der Waals surface area contributed by atoms with Crippen molar-refractivity contribution < 1.29 is 30.4 Å². The second-order valence-electron chi connectivity index (χ2n) is 7.60. The van der Waals surface area contributed by atoms with Crippen LogP contribution in [0.2, 0.25) is 0 Å². The average molecular weight is 517 g/mol. The monoisotopic (exact) mass is 516 g/mol. The summed E-state index contributed by atoms with van der Waals surface area (Å²) >= 11 is 0. The molecule has 1 N–H and O–H groups in total. The van der Waals surface area contributed by atoms with Crippen molar-refractivity contribution in [2.24, 2.45) is 0 Å². The summed E-state index contributed by atoms with van der Waals surface area (Å²) in [5.41, 5.74) is 0.193. The summed E-state index contributed by atoms with van der Waals surface area (Å²) in [7, 11) is -3.57. The Bertz CT molecular complexity index is 1250. The Balaban J connectivity index is 0.00000342. The van der Waals surface area contributed by atoms with E-state index in [1.54, 1.807) is 6.92 Å². The van der Waals surface area contributed by atoms with E-state index < -0.39 is 45.3 Å². The Kier molecular flexibility index (Phi) is 8.05. The van der Waals surface area contributed by atoms with Crippen molar-refractivity contribution in [1.29, 1.82) is 0 Å². The molecule has 0 bridgehead atoms. The SMILES string of the molecule is C.CCN(CC(Nc1ncc(-c2nnc(C(F)F)o2)cn1)c1ccc(F)cc1F)S(=O)(=O)C1CC1. The molecule has 9 nitrogen and oxygen atoms in total. The van der Waals surface area contributed by atoms with Gasteiger partial charge in [-0.25, -0.2) is 27.2 Å². The van der Waals surface area contributed by atoms with Gasteiger partial charge in [0.15, 0.2) is 0 Å². The van der Waals surface area contributed by atoms with Gasteiger partial charge in [0.05, 0.1) is 16.9 Å². The number of aromatic nitrogens is 4. The number of nitrogens with one attached hydrogen (secondary N) is 1. The fourth-order valence-electron chi connectivity index (χ4n) is 3.31. The van der Waals surface area contributed by atoms with Crippen LogP contribution in [0.5, 0.6) is 0 Å². The zero-order valence-electron chi connectivity index (χ0n) is 17.8. The number of halogens is 4. The summed E-state index contributed by atoms with van der Waals surface area (Å²) in [6, 6.07) is 2.04. The van der Waals surface area contributed by atoms with Crippen molar-refractivity contribution in [3.8, 4) is 11.5 Å². The number of alkyl halides is 2. The molecule has 0 aliphatic heterocycles. The van der Waals surface area contributed by atoms with E-state index >= 15 is 0 Å². The lowest BCUT2D eigenvalue weighted by molar-refractivity contribution is 0.116. The standard InChI is InChI=1S/C20H20F4N6O3S.CH4/c1-2-30(34(31,32)13-4-5-13)10-16(14-6-3-12(21)7-15(14)22)27-20-25-8-11(9-26-20)18-28-29-19(33-18)17(23)24;/h3,6-9,13,16-17H,2,4-5,10H2,1H3,(H,25,26,27);1H4. The van der Waals surface area contributed by atoms with E-state index in [1.165, 1.54) is 22.8 Å². The van der Waals surface area contributed by atoms with Gasteiger partial charge in [-0.1, -0.05) is 20.4 Å². The molecule has 14 heteroatoms. The van der Waals surface area contributed by atoms with Crippen molar-refractivity contribution >= 4 is 16.0 Å². The molecule has 1 atom stereocenters. The minimum atomic E-state index is -3.57. The van der Waals surface area contributed by atoms with E-state index in [4.69, 9.17) is 4.42 Å². The van der Waals surface area contributed by atoms with Gasteiger partial charge in [-0.2, -0.15) is 13.1 Å². The molecule has 0 amide bonds. The van der Waals surface area contributed by atoms with Gasteiger partial charge >= 0.3 is 6.43 Å². The third kappa shape index (κ3) is 5.93. The zero-order valence-corrected chi connectivity index (χ0v) is 18.6. The van der Waals surface area contributed by atoms with Crippen LogP contribution in [0.15, 0.2) is 35.0 Å². The fourth-order valence-corrected chi connectivity index (χ4v) is 5.18. The van der Waals surface area contributed by atoms with Crippen LogP contribution in [0.25, 0.3) is 11.5 Å². The van der Waals surface area contributed by atoms with Crippen molar-refractivity contribution in [1.82, 2.24) is 24.5 Å². The molecule has 190 valence electrons. The largest absolute Gasteiger partial charge is 0.415 e. The van der Waals surface area contributed by atoms with E-state index in [1.807, 2.05) is 0 Å². The molecular weight excluding hydrogens is 492 g/mol. The lowest BCUT2D eigenvalue weighted by atomic mass is 10.1. The molecule has 1 fully saturated rings. The Morgan fingerprint density at radius 1 is 1.17 bits per heavy atom. The molecule has 4 rings (SSSR count). The van der Waals surface area contributed by atoms with Crippen LogP contribution in [-0.2, 0) is 10.0 Å². The maximum atomic E-state index is 14.6. The number of rotatable bonds is 10. The molecule has 1 aromatic carbocycles. The average Bonchev–Trinajstić information content (AvgIpc) is 3.55. The second kappa shape index (κ2) is 10.6. The minimum absolute atomic E-state index is 0. The molecule has 2 aromatic heterocycles. The van der Waals surface area contributed by atoms with E-state index in [0.29, 0.717) is 18.9 Å². The molecule has 2 heterocycles. The lowest BCUT2D eigenvalue weighted by Gasteiger charge is -2.27. The number of hydrogen-bond donors (Lipinski definition) is 1. The van der Waals surface area contributed by atoms with Crippen molar-refractivity contribution in [3.05, 3.63) is 53.7 Å². The van der Waals surface area contributed by atoms with Gasteiger partial charge in [0.2, 0.25) is 16.0 Å². The highest BCUT2D eigenvalue weighted by Crippen LogP contribution is 2.33. The topological polar surface area (TPSA) is 114 Å². The fraction of sp³-hybridized carbons (Fsp3) is 0.429. The number of sulfonamides is 1. The summed E-state index contributed by atoms with van der Waals surface area (Å²) < 4.78 is 85.0. The third-order valence-corrected chi connectivity index (χ3v) is 7.65. The van der Waals surface area contributed by atoms with Crippen LogP contribution in [0.3, 0.4) is 0 Å². The maximum absolute atomic E-state index is 14.6. The first kappa shape index (κ1) is 26.5. The van der Waals surface area contributed by atoms with E-state index in [0.717, 1.165) is 6.07 Å². The summed E-state index contributed by atoms with van der Waals surface area (Å²) in [6.07, 6.45) is 0.664. The molecule has 0 saturated heterocycles. The predicted molar refractivity (Wildman–Crippen MR) is 119 cm³/mol. The van der Waals surface area contributed by atoms with Crippen molar-refractivity contribution in [2.75, 3.05) is 18.4 Å². The second-order valence-corrected chi connectivity index (χ2v) is 9.81. The molecule has 3 aromatic rings. The van der Waals surface area contributed by atoms with Gasteiger partial charge < -0.3 is 9.73 Å². The van der Waals surface area contributed by atoms with Crippen LogP contribution < -0.4 is 5.32 Å². The Morgan fingerprint density at radius 3 is 2.40 bits per heavy atom. The molecule has 1 saturated carbocycles. The third-order valence-electron chi connectivity index (χ3n) is 5.21. The van der Waals surface area contributed by atoms with Gasteiger partial charge in [0.1, 0.15) is 11.6 Å². The van der Waals surface area contributed by atoms with E-state index in [2.05, 4.69) is 25.5 Å². The van der Waals surface area contributed by atoms with Gasteiger partial charge in [-0.3, -0.25) is 0 Å². The first-order valence-electron chi connectivity index (χ1n) is 10.3. The molecule has 1 unspecified atom stereocenters. The first-order chi connectivity index (χ1) is 16.2. The van der Waals surface area contributed by atoms with E-state index in [-0.39, 0.29) is 43.5 Å².